The minimum atomic E-state index is -0.0379. The van der Waals surface area contributed by atoms with Crippen molar-refractivity contribution < 1.29 is 9.59 Å². The predicted molar refractivity (Wildman–Crippen MR) is 110 cm³/mol. The quantitative estimate of drug-likeness (QED) is 0.717. The van der Waals surface area contributed by atoms with Crippen LogP contribution in [0.15, 0.2) is 24.3 Å². The highest BCUT2D eigenvalue weighted by Gasteiger charge is 2.34. The van der Waals surface area contributed by atoms with E-state index in [4.69, 9.17) is 0 Å². The highest BCUT2D eigenvalue weighted by Crippen LogP contribution is 2.29. The number of amides is 2. The van der Waals surface area contributed by atoms with Crippen LogP contribution in [0, 0.1) is 0 Å². The van der Waals surface area contributed by atoms with Gasteiger partial charge in [-0.3, -0.25) is 14.7 Å². The van der Waals surface area contributed by atoms with Gasteiger partial charge < -0.3 is 14.8 Å². The van der Waals surface area contributed by atoms with Crippen molar-refractivity contribution in [3.63, 3.8) is 0 Å². The Kier molecular flexibility index (Phi) is 4.19. The number of aromatic nitrogens is 3. The zero-order valence-electron chi connectivity index (χ0n) is 16.8. The van der Waals surface area contributed by atoms with E-state index in [2.05, 4.69) is 28.2 Å². The molecule has 0 atom stereocenters. The minimum Gasteiger partial charge on any atom is -0.351 e. The largest absolute Gasteiger partial charge is 0.351 e. The molecule has 5 rings (SSSR count). The number of hydrogen-bond donors (Lipinski definition) is 2. The second-order valence-electron chi connectivity index (χ2n) is 8.06. The molecule has 2 aliphatic rings. The minimum absolute atomic E-state index is 0.0336. The summed E-state index contributed by atoms with van der Waals surface area (Å²) in [6, 6.07) is 8.40. The SMILES string of the molecule is CCc1cccc2[nH]c(C(=O)N3CCc4n[nH]c(C(=O)N(C)C5CC5)c4C3)cc12. The van der Waals surface area contributed by atoms with Crippen LogP contribution in [0.25, 0.3) is 10.9 Å². The lowest BCUT2D eigenvalue weighted by molar-refractivity contribution is 0.0717. The summed E-state index contributed by atoms with van der Waals surface area (Å²) in [5, 5.41) is 8.37. The zero-order chi connectivity index (χ0) is 20.1. The number of nitrogens with one attached hydrogen (secondary N) is 2. The number of carbonyl (C=O) groups excluding carboxylic acids is 2. The van der Waals surface area contributed by atoms with Crippen LogP contribution in [0.3, 0.4) is 0 Å². The number of aromatic amines is 2. The second kappa shape index (κ2) is 6.76. The van der Waals surface area contributed by atoms with Gasteiger partial charge in [0.05, 0.1) is 12.2 Å². The summed E-state index contributed by atoms with van der Waals surface area (Å²) in [4.78, 5) is 32.9. The van der Waals surface area contributed by atoms with Crippen molar-refractivity contribution in [3.05, 3.63) is 52.5 Å². The standard InChI is InChI=1S/C22H25N5O2/c1-3-13-5-4-6-17-15(13)11-19(23-17)21(28)27-10-9-18-16(12-27)20(25-24-18)22(29)26(2)14-7-8-14/h4-6,11,14,23H,3,7-10,12H2,1-2H3,(H,24,25). The average molecular weight is 391 g/mol. The van der Waals surface area contributed by atoms with Gasteiger partial charge in [-0.2, -0.15) is 5.10 Å². The van der Waals surface area contributed by atoms with E-state index in [0.717, 1.165) is 41.4 Å². The maximum absolute atomic E-state index is 13.2. The number of fused-ring (bicyclic) bond motifs is 2. The van der Waals surface area contributed by atoms with Gasteiger partial charge in [-0.25, -0.2) is 0 Å². The van der Waals surface area contributed by atoms with Crippen LogP contribution < -0.4 is 0 Å². The molecule has 1 aromatic carbocycles. The van der Waals surface area contributed by atoms with Gasteiger partial charge in [0, 0.05) is 42.5 Å². The van der Waals surface area contributed by atoms with Crippen molar-refractivity contribution in [2.24, 2.45) is 0 Å². The fourth-order valence-electron chi connectivity index (χ4n) is 4.26. The summed E-state index contributed by atoms with van der Waals surface area (Å²) in [6.45, 7) is 3.12. The van der Waals surface area contributed by atoms with Gasteiger partial charge in [0.25, 0.3) is 11.8 Å². The van der Waals surface area contributed by atoms with E-state index in [-0.39, 0.29) is 11.8 Å². The first-order valence-electron chi connectivity index (χ1n) is 10.3. The highest BCUT2D eigenvalue weighted by molar-refractivity contribution is 5.99. The molecule has 29 heavy (non-hydrogen) atoms. The zero-order valence-corrected chi connectivity index (χ0v) is 16.8. The molecule has 7 nitrogen and oxygen atoms in total. The van der Waals surface area contributed by atoms with Crippen LogP contribution in [-0.4, -0.2) is 56.4 Å². The second-order valence-corrected chi connectivity index (χ2v) is 8.06. The summed E-state index contributed by atoms with van der Waals surface area (Å²) in [5.41, 5.74) is 5.08. The normalized spacial score (nSPS) is 16.1. The molecule has 150 valence electrons. The Balaban J connectivity index is 1.41. The molecule has 0 unspecified atom stereocenters. The Bertz CT molecular complexity index is 1110. The number of hydrogen-bond acceptors (Lipinski definition) is 3. The summed E-state index contributed by atoms with van der Waals surface area (Å²) >= 11 is 0. The van der Waals surface area contributed by atoms with Crippen LogP contribution in [0.1, 0.15) is 57.6 Å². The van der Waals surface area contributed by atoms with Crippen molar-refractivity contribution in [2.75, 3.05) is 13.6 Å². The number of rotatable bonds is 4. The molecule has 2 aromatic heterocycles. The molecular formula is C22H25N5O2. The fraction of sp³-hybridized carbons (Fsp3) is 0.409. The van der Waals surface area contributed by atoms with Crippen molar-refractivity contribution in [2.45, 2.75) is 45.2 Å². The molecule has 1 fully saturated rings. The molecule has 1 aliphatic heterocycles. The summed E-state index contributed by atoms with van der Waals surface area (Å²) in [5.74, 6) is -0.0715. The molecular weight excluding hydrogens is 366 g/mol. The lowest BCUT2D eigenvalue weighted by atomic mass is 10.0. The molecule has 2 amide bonds. The van der Waals surface area contributed by atoms with Crippen LogP contribution in [0.2, 0.25) is 0 Å². The highest BCUT2D eigenvalue weighted by atomic mass is 16.2. The molecule has 3 aromatic rings. The van der Waals surface area contributed by atoms with E-state index in [1.807, 2.05) is 30.1 Å². The monoisotopic (exact) mass is 391 g/mol. The maximum Gasteiger partial charge on any atom is 0.272 e. The fourth-order valence-corrected chi connectivity index (χ4v) is 4.26. The van der Waals surface area contributed by atoms with E-state index < -0.39 is 0 Å². The van der Waals surface area contributed by atoms with E-state index in [0.29, 0.717) is 36.9 Å². The molecule has 0 radical (unpaired) electrons. The van der Waals surface area contributed by atoms with Crippen molar-refractivity contribution in [3.8, 4) is 0 Å². The van der Waals surface area contributed by atoms with Crippen molar-refractivity contribution in [1.82, 2.24) is 25.0 Å². The third-order valence-electron chi connectivity index (χ3n) is 6.20. The molecule has 0 saturated heterocycles. The van der Waals surface area contributed by atoms with Crippen molar-refractivity contribution >= 4 is 22.7 Å². The van der Waals surface area contributed by atoms with Gasteiger partial charge in [0.2, 0.25) is 0 Å². The predicted octanol–water partition coefficient (Wildman–Crippen LogP) is 2.89. The van der Waals surface area contributed by atoms with Crippen LogP contribution in [0.5, 0.6) is 0 Å². The lowest BCUT2D eigenvalue weighted by Crippen LogP contribution is -2.37. The third kappa shape index (κ3) is 3.01. The van der Waals surface area contributed by atoms with E-state index in [1.165, 1.54) is 5.56 Å². The average Bonchev–Trinajstić information content (AvgIpc) is 3.36. The van der Waals surface area contributed by atoms with Crippen LogP contribution in [-0.2, 0) is 19.4 Å². The first-order valence-corrected chi connectivity index (χ1v) is 10.3. The van der Waals surface area contributed by atoms with Gasteiger partial charge in [0.15, 0.2) is 0 Å². The Labute approximate surface area is 169 Å². The smallest absolute Gasteiger partial charge is 0.272 e. The van der Waals surface area contributed by atoms with E-state index >= 15 is 0 Å². The molecule has 3 heterocycles. The number of nitrogens with zero attached hydrogens (tertiary/aromatic N) is 3. The number of H-pyrrole nitrogens is 2. The number of aryl methyl sites for hydroxylation is 1. The first-order chi connectivity index (χ1) is 14.1. The van der Waals surface area contributed by atoms with Gasteiger partial charge >= 0.3 is 0 Å². The number of benzene rings is 1. The summed E-state index contributed by atoms with van der Waals surface area (Å²) < 4.78 is 0. The topological polar surface area (TPSA) is 85.1 Å². The maximum atomic E-state index is 13.2. The van der Waals surface area contributed by atoms with E-state index in [9.17, 15) is 9.59 Å². The molecule has 7 heteroatoms. The Morgan fingerprint density at radius 1 is 1.31 bits per heavy atom. The molecule has 0 bridgehead atoms. The van der Waals surface area contributed by atoms with E-state index in [1.54, 1.807) is 4.90 Å². The first kappa shape index (κ1) is 18.0. The molecule has 0 spiro atoms. The van der Waals surface area contributed by atoms with Crippen LogP contribution in [0.4, 0.5) is 0 Å². The summed E-state index contributed by atoms with van der Waals surface area (Å²) in [7, 11) is 1.84. The van der Waals surface area contributed by atoms with Gasteiger partial charge in [-0.05, 0) is 37.0 Å². The molecule has 2 N–H and O–H groups in total. The molecule has 1 aliphatic carbocycles. The van der Waals surface area contributed by atoms with Crippen molar-refractivity contribution in [1.29, 1.82) is 0 Å². The lowest BCUT2D eigenvalue weighted by Gasteiger charge is -2.27. The third-order valence-corrected chi connectivity index (χ3v) is 6.20. The van der Waals surface area contributed by atoms with Crippen LogP contribution >= 0.6 is 0 Å². The summed E-state index contributed by atoms with van der Waals surface area (Å²) in [6.07, 6.45) is 3.69. The number of carbonyl (C=O) groups is 2. The Morgan fingerprint density at radius 3 is 2.90 bits per heavy atom. The van der Waals surface area contributed by atoms with Gasteiger partial charge in [-0.15, -0.1) is 0 Å². The van der Waals surface area contributed by atoms with Gasteiger partial charge in [0.1, 0.15) is 11.4 Å². The molecule has 1 saturated carbocycles. The Morgan fingerprint density at radius 2 is 2.14 bits per heavy atom. The van der Waals surface area contributed by atoms with Gasteiger partial charge in [-0.1, -0.05) is 19.1 Å². The Hall–Kier alpha value is -3.09.